The van der Waals surface area contributed by atoms with Gasteiger partial charge in [-0.1, -0.05) is 59.6 Å². The largest absolute Gasteiger partial charge is 0.260 e. The Morgan fingerprint density at radius 1 is 0.950 bits per heavy atom. The van der Waals surface area contributed by atoms with E-state index in [1.165, 1.54) is 53.5 Å². The lowest BCUT2D eigenvalue weighted by atomic mass is 9.74. The molecule has 1 fully saturated rings. The first-order chi connectivity index (χ1) is 19.0. The van der Waals surface area contributed by atoms with Crippen LogP contribution in [0, 0.1) is 17.8 Å². The molecule has 4 heteroatoms. The van der Waals surface area contributed by atoms with Gasteiger partial charge in [-0.05, 0) is 98.2 Å². The molecular weight excluding hydrogens is 506 g/mol. The Bertz CT molecular complexity index is 1400. The van der Waals surface area contributed by atoms with E-state index in [9.17, 15) is 0 Å². The molecule has 40 heavy (non-hydrogen) atoms. The Morgan fingerprint density at radius 3 is 2.30 bits per heavy atom. The molecule has 0 amide bonds. The van der Waals surface area contributed by atoms with Gasteiger partial charge in [0.05, 0.1) is 21.4 Å². The highest BCUT2D eigenvalue weighted by Gasteiger charge is 2.24. The number of hydrogen-bond acceptors (Lipinski definition) is 4. The van der Waals surface area contributed by atoms with Crippen molar-refractivity contribution in [2.75, 3.05) is 0 Å². The van der Waals surface area contributed by atoms with Crippen LogP contribution in [0.25, 0.3) is 32.6 Å². The molecule has 2 atom stereocenters. The Kier molecular flexibility index (Phi) is 9.94. The molecule has 3 heterocycles. The predicted molar refractivity (Wildman–Crippen MR) is 174 cm³/mol. The normalized spacial score (nSPS) is 19.2. The monoisotopic (exact) mass is 553 g/mol. The van der Waals surface area contributed by atoms with Crippen LogP contribution in [-0.4, -0.2) is 15.0 Å². The van der Waals surface area contributed by atoms with Crippen molar-refractivity contribution in [3.05, 3.63) is 77.7 Å². The second kappa shape index (κ2) is 13.2. The van der Waals surface area contributed by atoms with E-state index >= 15 is 0 Å². The van der Waals surface area contributed by atoms with Gasteiger partial charge in [0, 0.05) is 34.6 Å². The van der Waals surface area contributed by atoms with Crippen molar-refractivity contribution in [1.29, 1.82) is 0 Å². The Morgan fingerprint density at radius 2 is 1.70 bits per heavy atom. The molecule has 4 aromatic rings. The van der Waals surface area contributed by atoms with Crippen LogP contribution < -0.4 is 0 Å². The fraction of sp³-hybridized carbons (Fsp3) is 0.472. The number of hydrogen-bond donors (Lipinski definition) is 0. The van der Waals surface area contributed by atoms with Gasteiger partial charge in [0.15, 0.2) is 0 Å². The highest BCUT2D eigenvalue weighted by molar-refractivity contribution is 7.17. The standard InChI is InChI=1S/C30H35N3S.C6H12/c1-19-10-20(2)12-22(11-19)13-21-8-9-31-26(14-21)25-15-24(16-27-29(25)34-18-33-27)23-6-7-28(32-17-23)30(3,4)5;1-4-5-6(2)3/h6-9,14-20,22H,10-13H2,1-5H3;2,4-5H2,1,3H3. The van der Waals surface area contributed by atoms with Crippen molar-refractivity contribution in [2.24, 2.45) is 17.8 Å². The molecule has 1 aliphatic rings. The van der Waals surface area contributed by atoms with Gasteiger partial charge in [-0.15, -0.1) is 17.9 Å². The van der Waals surface area contributed by atoms with E-state index in [0.717, 1.165) is 52.2 Å². The van der Waals surface area contributed by atoms with E-state index in [2.05, 4.69) is 96.4 Å². The number of benzene rings is 1. The van der Waals surface area contributed by atoms with Crippen LogP contribution in [-0.2, 0) is 11.8 Å². The zero-order chi connectivity index (χ0) is 28.9. The van der Waals surface area contributed by atoms with Gasteiger partial charge in [-0.3, -0.25) is 9.97 Å². The zero-order valence-electron chi connectivity index (χ0n) is 25.6. The van der Waals surface area contributed by atoms with Crippen LogP contribution in [0.1, 0.15) is 91.8 Å². The summed E-state index contributed by atoms with van der Waals surface area (Å²) in [6, 6.07) is 13.3. The van der Waals surface area contributed by atoms with Crippen LogP contribution in [0.15, 0.2) is 66.5 Å². The summed E-state index contributed by atoms with van der Waals surface area (Å²) in [4.78, 5) is 14.2. The number of allylic oxidation sites excluding steroid dienone is 1. The molecule has 1 saturated carbocycles. The van der Waals surface area contributed by atoms with Crippen molar-refractivity contribution in [1.82, 2.24) is 15.0 Å². The van der Waals surface area contributed by atoms with E-state index in [1.807, 2.05) is 17.9 Å². The van der Waals surface area contributed by atoms with Gasteiger partial charge in [0.1, 0.15) is 0 Å². The molecular formula is C36H47N3S. The summed E-state index contributed by atoms with van der Waals surface area (Å²) in [6.07, 6.45) is 11.6. The lowest BCUT2D eigenvalue weighted by Crippen LogP contribution is -2.21. The summed E-state index contributed by atoms with van der Waals surface area (Å²) in [5.74, 6) is 2.44. The number of fused-ring (bicyclic) bond motifs is 1. The highest BCUT2D eigenvalue weighted by atomic mass is 32.1. The molecule has 0 saturated heterocycles. The van der Waals surface area contributed by atoms with Crippen LogP contribution in [0.5, 0.6) is 0 Å². The number of nitrogens with zero attached hydrogens (tertiary/aromatic N) is 3. The molecule has 5 rings (SSSR count). The molecule has 1 aliphatic carbocycles. The Labute approximate surface area is 246 Å². The van der Waals surface area contributed by atoms with Crippen LogP contribution in [0.3, 0.4) is 0 Å². The lowest BCUT2D eigenvalue weighted by Gasteiger charge is -2.31. The lowest BCUT2D eigenvalue weighted by molar-refractivity contribution is 0.218. The van der Waals surface area contributed by atoms with Crippen molar-refractivity contribution in [3.63, 3.8) is 0 Å². The predicted octanol–water partition coefficient (Wildman–Crippen LogP) is 10.7. The van der Waals surface area contributed by atoms with Crippen molar-refractivity contribution < 1.29 is 0 Å². The molecule has 212 valence electrons. The van der Waals surface area contributed by atoms with Crippen molar-refractivity contribution >= 4 is 21.6 Å². The van der Waals surface area contributed by atoms with Crippen molar-refractivity contribution in [2.45, 2.75) is 92.4 Å². The maximum absolute atomic E-state index is 4.81. The zero-order valence-corrected chi connectivity index (χ0v) is 26.4. The molecule has 0 N–H and O–H groups in total. The molecule has 2 unspecified atom stereocenters. The average molecular weight is 554 g/mol. The summed E-state index contributed by atoms with van der Waals surface area (Å²) in [6.45, 7) is 19.4. The maximum Gasteiger partial charge on any atom is 0.0825 e. The van der Waals surface area contributed by atoms with Crippen LogP contribution >= 0.6 is 11.3 Å². The van der Waals surface area contributed by atoms with Crippen LogP contribution in [0.4, 0.5) is 0 Å². The minimum absolute atomic E-state index is 0.0425. The number of pyridine rings is 2. The highest BCUT2D eigenvalue weighted by Crippen LogP contribution is 2.37. The minimum Gasteiger partial charge on any atom is -0.260 e. The summed E-state index contributed by atoms with van der Waals surface area (Å²) < 4.78 is 1.20. The molecule has 1 aromatic carbocycles. The fourth-order valence-electron chi connectivity index (χ4n) is 6.12. The second-order valence-electron chi connectivity index (χ2n) is 13.2. The molecule has 0 radical (unpaired) electrons. The first-order valence-electron chi connectivity index (χ1n) is 15.0. The number of thiazole rings is 1. The van der Waals surface area contributed by atoms with E-state index in [-0.39, 0.29) is 5.41 Å². The molecule has 3 nitrogen and oxygen atoms in total. The quantitative estimate of drug-likeness (QED) is 0.223. The van der Waals surface area contributed by atoms with E-state index in [4.69, 9.17) is 9.97 Å². The number of rotatable bonds is 6. The number of aromatic nitrogens is 3. The van der Waals surface area contributed by atoms with Crippen molar-refractivity contribution in [3.8, 4) is 22.4 Å². The summed E-state index contributed by atoms with van der Waals surface area (Å²) in [5, 5.41) is 0. The van der Waals surface area contributed by atoms with Gasteiger partial charge >= 0.3 is 0 Å². The minimum atomic E-state index is 0.0425. The van der Waals surface area contributed by atoms with E-state index in [1.54, 1.807) is 11.3 Å². The first kappa shape index (κ1) is 30.1. The molecule has 0 aliphatic heterocycles. The molecule has 0 spiro atoms. The van der Waals surface area contributed by atoms with Gasteiger partial charge in [-0.2, -0.15) is 0 Å². The third kappa shape index (κ3) is 7.87. The Balaban J connectivity index is 0.000000557. The second-order valence-corrected chi connectivity index (χ2v) is 14.0. The van der Waals surface area contributed by atoms with E-state index in [0.29, 0.717) is 0 Å². The smallest absolute Gasteiger partial charge is 0.0825 e. The third-order valence-electron chi connectivity index (χ3n) is 7.87. The topological polar surface area (TPSA) is 38.7 Å². The van der Waals surface area contributed by atoms with E-state index < -0.39 is 0 Å². The Hall–Kier alpha value is -2.85. The van der Waals surface area contributed by atoms with Gasteiger partial charge in [0.2, 0.25) is 0 Å². The summed E-state index contributed by atoms with van der Waals surface area (Å²) >= 11 is 1.69. The molecule has 0 bridgehead atoms. The van der Waals surface area contributed by atoms with Gasteiger partial charge < -0.3 is 0 Å². The van der Waals surface area contributed by atoms with Gasteiger partial charge in [-0.25, -0.2) is 4.98 Å². The fourth-order valence-corrected chi connectivity index (χ4v) is 6.92. The summed E-state index contributed by atoms with van der Waals surface area (Å²) in [5.41, 5.74) is 11.3. The van der Waals surface area contributed by atoms with Gasteiger partial charge in [0.25, 0.3) is 0 Å². The first-order valence-corrected chi connectivity index (χ1v) is 15.8. The summed E-state index contributed by atoms with van der Waals surface area (Å²) in [7, 11) is 0. The third-order valence-corrected chi connectivity index (χ3v) is 8.75. The van der Waals surface area contributed by atoms with Crippen LogP contribution in [0.2, 0.25) is 0 Å². The average Bonchev–Trinajstić information content (AvgIpc) is 3.36. The molecule has 3 aromatic heterocycles. The SMILES string of the molecule is C=C(C)CCC.CC1CC(C)CC(Cc2ccnc(-c3cc(-c4ccc(C(C)(C)C)nc4)cc4ncsc34)c2)C1. The maximum atomic E-state index is 4.81.